The van der Waals surface area contributed by atoms with Gasteiger partial charge in [0.05, 0.1) is 5.69 Å². The molecule has 1 heterocycles. The molecule has 1 fully saturated rings. The van der Waals surface area contributed by atoms with E-state index in [-0.39, 0.29) is 0 Å². The van der Waals surface area contributed by atoms with Gasteiger partial charge >= 0.3 is 6.09 Å². The molecule has 0 aromatic heterocycles. The second kappa shape index (κ2) is 9.82. The molecule has 0 radical (unpaired) electrons. The number of hydrogen-bond acceptors (Lipinski definition) is 4. The van der Waals surface area contributed by atoms with Crippen LogP contribution in [0.3, 0.4) is 0 Å². The number of nitrogens with zero attached hydrogens (tertiary/aromatic N) is 2. The number of anilines is 1. The highest BCUT2D eigenvalue weighted by Crippen LogP contribution is 2.28. The van der Waals surface area contributed by atoms with E-state index in [4.69, 9.17) is 4.74 Å². The van der Waals surface area contributed by atoms with Gasteiger partial charge in [0.15, 0.2) is 5.96 Å². The highest BCUT2D eigenvalue weighted by Gasteiger charge is 2.24. The zero-order valence-electron chi connectivity index (χ0n) is 16.5. The van der Waals surface area contributed by atoms with E-state index in [1.807, 2.05) is 26.8 Å². The maximum absolute atomic E-state index is 11.6. The van der Waals surface area contributed by atoms with Crippen molar-refractivity contribution in [3.05, 3.63) is 28.7 Å². The van der Waals surface area contributed by atoms with E-state index in [1.54, 1.807) is 7.05 Å². The van der Waals surface area contributed by atoms with Crippen molar-refractivity contribution in [3.63, 3.8) is 0 Å². The van der Waals surface area contributed by atoms with Crippen LogP contribution in [-0.4, -0.2) is 56.9 Å². The van der Waals surface area contributed by atoms with Crippen molar-refractivity contribution in [2.45, 2.75) is 38.8 Å². The number of alkyl carbamates (subject to hydrolysis) is 1. The van der Waals surface area contributed by atoms with Gasteiger partial charge < -0.3 is 25.6 Å². The zero-order valence-corrected chi connectivity index (χ0v) is 18.1. The maximum Gasteiger partial charge on any atom is 0.407 e. The van der Waals surface area contributed by atoms with Gasteiger partial charge in [-0.05, 0) is 55.3 Å². The highest BCUT2D eigenvalue weighted by atomic mass is 79.9. The van der Waals surface area contributed by atoms with Gasteiger partial charge in [0.2, 0.25) is 0 Å². The Bertz CT molecular complexity index is 660. The molecule has 1 aromatic rings. The third-order valence-electron chi connectivity index (χ3n) is 4.03. The lowest BCUT2D eigenvalue weighted by Crippen LogP contribution is -2.46. The van der Waals surface area contributed by atoms with Crippen molar-refractivity contribution < 1.29 is 9.53 Å². The van der Waals surface area contributed by atoms with Gasteiger partial charge in [-0.1, -0.05) is 12.1 Å². The Morgan fingerprint density at radius 2 is 2.00 bits per heavy atom. The number of para-hydroxylation sites is 1. The average molecular weight is 440 g/mol. The molecule has 8 heteroatoms. The number of nitrogens with one attached hydrogen (secondary N) is 3. The van der Waals surface area contributed by atoms with Gasteiger partial charge in [0.25, 0.3) is 0 Å². The van der Waals surface area contributed by atoms with Crippen LogP contribution in [0.1, 0.15) is 27.2 Å². The number of rotatable bonds is 5. The summed E-state index contributed by atoms with van der Waals surface area (Å²) < 4.78 is 6.32. The number of hydrogen-bond donors (Lipinski definition) is 3. The fourth-order valence-electron chi connectivity index (χ4n) is 2.85. The number of carbonyl (C=O) groups is 1. The molecule has 1 amide bonds. The number of amides is 1. The van der Waals surface area contributed by atoms with Crippen LogP contribution in [0.25, 0.3) is 0 Å². The summed E-state index contributed by atoms with van der Waals surface area (Å²) >= 11 is 3.62. The van der Waals surface area contributed by atoms with Gasteiger partial charge in [-0.25, -0.2) is 4.79 Å². The molecule has 1 atom stereocenters. The molecule has 2 rings (SSSR count). The predicted molar refractivity (Wildman–Crippen MR) is 113 cm³/mol. The summed E-state index contributed by atoms with van der Waals surface area (Å²) in [5.41, 5.74) is 0.725. The largest absolute Gasteiger partial charge is 0.444 e. The molecule has 1 aromatic carbocycles. The number of aliphatic imine (C=N–C) groups is 1. The van der Waals surface area contributed by atoms with E-state index < -0.39 is 11.7 Å². The summed E-state index contributed by atoms with van der Waals surface area (Å²) in [7, 11) is 1.75. The number of guanidine groups is 1. The molecule has 0 bridgehead atoms. The monoisotopic (exact) mass is 439 g/mol. The third kappa shape index (κ3) is 7.28. The number of halogens is 1. The fraction of sp³-hybridized carbons (Fsp3) is 0.579. The molecule has 150 valence electrons. The van der Waals surface area contributed by atoms with Crippen LogP contribution in [0.4, 0.5) is 10.5 Å². The number of carbonyl (C=O) groups excluding carboxylic acids is 1. The lowest BCUT2D eigenvalue weighted by Gasteiger charge is -2.22. The second-order valence-corrected chi connectivity index (χ2v) is 8.31. The van der Waals surface area contributed by atoms with Crippen LogP contribution in [-0.2, 0) is 4.74 Å². The van der Waals surface area contributed by atoms with Crippen LogP contribution in [0.5, 0.6) is 0 Å². The van der Waals surface area contributed by atoms with E-state index in [0.29, 0.717) is 19.1 Å². The predicted octanol–water partition coefficient (Wildman–Crippen LogP) is 2.72. The SMILES string of the molecule is CN=C(NCCNC(=O)OC(C)(C)C)NC1CCN(c2ccccc2Br)C1. The lowest BCUT2D eigenvalue weighted by molar-refractivity contribution is 0.0529. The minimum Gasteiger partial charge on any atom is -0.444 e. The van der Waals surface area contributed by atoms with Crippen LogP contribution < -0.4 is 20.9 Å². The first kappa shape index (κ1) is 21.3. The molecule has 0 aliphatic carbocycles. The minimum absolute atomic E-state index is 0.321. The van der Waals surface area contributed by atoms with E-state index in [9.17, 15) is 4.79 Å². The van der Waals surface area contributed by atoms with Crippen LogP contribution in [0.15, 0.2) is 33.7 Å². The molecule has 1 saturated heterocycles. The molecule has 1 aliphatic rings. The summed E-state index contributed by atoms with van der Waals surface area (Å²) in [4.78, 5) is 18.3. The van der Waals surface area contributed by atoms with Crippen LogP contribution in [0, 0.1) is 0 Å². The van der Waals surface area contributed by atoms with E-state index >= 15 is 0 Å². The Morgan fingerprint density at radius 3 is 2.67 bits per heavy atom. The van der Waals surface area contributed by atoms with Crippen LogP contribution in [0.2, 0.25) is 0 Å². The van der Waals surface area contributed by atoms with Crippen molar-refractivity contribution in [3.8, 4) is 0 Å². The number of ether oxygens (including phenoxy) is 1. The first-order valence-corrected chi connectivity index (χ1v) is 10.0. The maximum atomic E-state index is 11.6. The molecule has 3 N–H and O–H groups in total. The molecule has 1 unspecified atom stereocenters. The fourth-order valence-corrected chi connectivity index (χ4v) is 3.39. The van der Waals surface area contributed by atoms with Crippen LogP contribution >= 0.6 is 15.9 Å². The Hall–Kier alpha value is -1.96. The summed E-state index contributed by atoms with van der Waals surface area (Å²) in [6.45, 7) is 8.47. The summed E-state index contributed by atoms with van der Waals surface area (Å²) in [6, 6.07) is 8.59. The quantitative estimate of drug-likeness (QED) is 0.373. The Labute approximate surface area is 170 Å². The molecule has 0 saturated carbocycles. The number of benzene rings is 1. The Balaban J connectivity index is 1.72. The summed E-state index contributed by atoms with van der Waals surface area (Å²) in [5.74, 6) is 0.736. The lowest BCUT2D eigenvalue weighted by atomic mass is 10.2. The first-order chi connectivity index (χ1) is 12.8. The molecule has 1 aliphatic heterocycles. The van der Waals surface area contributed by atoms with E-state index in [0.717, 1.165) is 29.9 Å². The molecular weight excluding hydrogens is 410 g/mol. The van der Waals surface area contributed by atoms with E-state index in [1.165, 1.54) is 5.69 Å². The van der Waals surface area contributed by atoms with Gasteiger partial charge in [-0.15, -0.1) is 0 Å². The summed E-state index contributed by atoms with van der Waals surface area (Å²) in [5, 5.41) is 9.40. The van der Waals surface area contributed by atoms with Gasteiger partial charge in [-0.2, -0.15) is 0 Å². The normalized spacial score (nSPS) is 17.6. The Kier molecular flexibility index (Phi) is 7.77. The molecule has 7 nitrogen and oxygen atoms in total. The average Bonchev–Trinajstić information content (AvgIpc) is 3.04. The molecule has 0 spiro atoms. The van der Waals surface area contributed by atoms with Crippen molar-refractivity contribution >= 4 is 33.7 Å². The first-order valence-electron chi connectivity index (χ1n) is 9.22. The van der Waals surface area contributed by atoms with Crippen molar-refractivity contribution in [2.75, 3.05) is 38.1 Å². The smallest absolute Gasteiger partial charge is 0.407 e. The minimum atomic E-state index is -0.489. The highest BCUT2D eigenvalue weighted by molar-refractivity contribution is 9.10. The zero-order chi connectivity index (χ0) is 19.9. The topological polar surface area (TPSA) is 78.0 Å². The summed E-state index contributed by atoms with van der Waals surface area (Å²) in [6.07, 6.45) is 0.630. The van der Waals surface area contributed by atoms with Crippen molar-refractivity contribution in [1.82, 2.24) is 16.0 Å². The molecular formula is C19H30BrN5O2. The standard InChI is InChI=1S/C19H30BrN5O2/c1-19(2,3)27-18(26)23-11-10-22-17(21-4)24-14-9-12-25(13-14)16-8-6-5-7-15(16)20/h5-8,14H,9-13H2,1-4H3,(H,23,26)(H2,21,22,24). The van der Waals surface area contributed by atoms with E-state index in [2.05, 4.69) is 60.0 Å². The second-order valence-electron chi connectivity index (χ2n) is 7.46. The Morgan fingerprint density at radius 1 is 1.30 bits per heavy atom. The van der Waals surface area contributed by atoms with Gasteiger partial charge in [0, 0.05) is 43.7 Å². The van der Waals surface area contributed by atoms with Gasteiger partial charge in [-0.3, -0.25) is 4.99 Å². The third-order valence-corrected chi connectivity index (χ3v) is 4.70. The van der Waals surface area contributed by atoms with Gasteiger partial charge in [0.1, 0.15) is 5.60 Å². The van der Waals surface area contributed by atoms with Crippen molar-refractivity contribution in [2.24, 2.45) is 4.99 Å². The van der Waals surface area contributed by atoms with Crippen molar-refractivity contribution in [1.29, 1.82) is 0 Å². The molecule has 27 heavy (non-hydrogen) atoms.